The first kappa shape index (κ1) is 28.2. The summed E-state index contributed by atoms with van der Waals surface area (Å²) in [5.41, 5.74) is 11.1. The van der Waals surface area contributed by atoms with Gasteiger partial charge in [0.15, 0.2) is 0 Å². The lowest BCUT2D eigenvalue weighted by Gasteiger charge is -2.24. The van der Waals surface area contributed by atoms with Gasteiger partial charge in [-0.15, -0.1) is 0 Å². The van der Waals surface area contributed by atoms with Crippen LogP contribution in [-0.2, 0) is 35.2 Å². The van der Waals surface area contributed by atoms with Gasteiger partial charge in [-0.2, -0.15) is 0 Å². The van der Waals surface area contributed by atoms with Crippen LogP contribution in [0.15, 0.2) is 30.3 Å². The molecule has 1 aliphatic heterocycles. The number of primary amides is 2. The number of carboxylic acid groups (broad SMARTS) is 1. The Kier molecular flexibility index (Phi) is 10.8. The molecule has 13 heteroatoms. The van der Waals surface area contributed by atoms with Crippen molar-refractivity contribution in [2.24, 2.45) is 11.5 Å². The van der Waals surface area contributed by atoms with Gasteiger partial charge in [0, 0.05) is 12.8 Å². The maximum Gasteiger partial charge on any atom is 0.326 e. The summed E-state index contributed by atoms with van der Waals surface area (Å²) >= 11 is 0. The van der Waals surface area contributed by atoms with Gasteiger partial charge in [0.25, 0.3) is 0 Å². The van der Waals surface area contributed by atoms with Crippen molar-refractivity contribution in [3.05, 3.63) is 35.9 Å². The van der Waals surface area contributed by atoms with Crippen molar-refractivity contribution in [3.63, 3.8) is 0 Å². The summed E-state index contributed by atoms with van der Waals surface area (Å²) in [5.74, 6) is -5.17. The predicted octanol–water partition coefficient (Wildman–Crippen LogP) is -2.34. The monoisotopic (exact) mass is 504 g/mol. The zero-order valence-corrected chi connectivity index (χ0v) is 19.7. The smallest absolute Gasteiger partial charge is 0.326 e. The molecule has 0 spiro atoms. The standard InChI is InChI=1S/C23H32N6O7/c24-18(30)9-8-15(27-20(32)14-7-4-10-26-14)21(33)28-16(12-19(25)31)22(34)29-17(23(35)36)11-13-5-2-1-3-6-13/h1-3,5-6,14-17,26H,4,7-12H2,(H2,24,30)(H2,25,31)(H,27,32)(H,28,33)(H,29,34)(H,35,36). The third-order valence-electron chi connectivity index (χ3n) is 5.62. The zero-order chi connectivity index (χ0) is 26.7. The van der Waals surface area contributed by atoms with Crippen molar-refractivity contribution in [2.45, 2.75) is 62.7 Å². The van der Waals surface area contributed by atoms with Crippen molar-refractivity contribution in [3.8, 4) is 0 Å². The average molecular weight is 505 g/mol. The van der Waals surface area contributed by atoms with Gasteiger partial charge in [-0.3, -0.25) is 24.0 Å². The lowest BCUT2D eigenvalue weighted by molar-refractivity contribution is -0.142. The molecule has 4 atom stereocenters. The van der Waals surface area contributed by atoms with Crippen molar-refractivity contribution in [1.82, 2.24) is 21.3 Å². The Hall–Kier alpha value is -4.00. The highest BCUT2D eigenvalue weighted by Gasteiger charge is 2.32. The number of aliphatic carboxylic acids is 1. The van der Waals surface area contributed by atoms with E-state index in [1.54, 1.807) is 30.3 Å². The van der Waals surface area contributed by atoms with E-state index in [-0.39, 0.29) is 19.3 Å². The van der Waals surface area contributed by atoms with Crippen molar-refractivity contribution >= 4 is 35.5 Å². The summed E-state index contributed by atoms with van der Waals surface area (Å²) in [6.45, 7) is 0.644. The van der Waals surface area contributed by atoms with E-state index in [0.717, 1.165) is 6.42 Å². The highest BCUT2D eigenvalue weighted by Crippen LogP contribution is 2.08. The highest BCUT2D eigenvalue weighted by molar-refractivity contribution is 5.96. The lowest BCUT2D eigenvalue weighted by Crippen LogP contribution is -2.58. The lowest BCUT2D eigenvalue weighted by atomic mass is 10.0. The van der Waals surface area contributed by atoms with E-state index in [1.807, 2.05) is 0 Å². The van der Waals surface area contributed by atoms with E-state index in [4.69, 9.17) is 11.5 Å². The molecule has 1 saturated heterocycles. The first-order valence-electron chi connectivity index (χ1n) is 11.5. The number of nitrogens with one attached hydrogen (secondary N) is 4. The van der Waals surface area contributed by atoms with Crippen LogP contribution in [0.4, 0.5) is 0 Å². The molecule has 0 radical (unpaired) electrons. The molecule has 0 bridgehead atoms. The van der Waals surface area contributed by atoms with Gasteiger partial charge >= 0.3 is 5.97 Å². The van der Waals surface area contributed by atoms with Crippen molar-refractivity contribution in [2.75, 3.05) is 6.54 Å². The average Bonchev–Trinajstić information content (AvgIpc) is 3.36. The number of hydrogen-bond donors (Lipinski definition) is 7. The number of carboxylic acids is 1. The van der Waals surface area contributed by atoms with Crippen LogP contribution < -0.4 is 32.7 Å². The summed E-state index contributed by atoms with van der Waals surface area (Å²) in [6, 6.07) is 3.99. The Bertz CT molecular complexity index is 965. The molecule has 13 nitrogen and oxygen atoms in total. The fourth-order valence-electron chi connectivity index (χ4n) is 3.74. The quantitative estimate of drug-likeness (QED) is 0.145. The molecule has 9 N–H and O–H groups in total. The number of nitrogens with two attached hydrogens (primary N) is 2. The second-order valence-electron chi connectivity index (χ2n) is 8.54. The van der Waals surface area contributed by atoms with Crippen LogP contribution in [0.5, 0.6) is 0 Å². The number of amides is 5. The minimum absolute atomic E-state index is 0.0369. The Morgan fingerprint density at radius 2 is 1.56 bits per heavy atom. The maximum absolute atomic E-state index is 13.0. The van der Waals surface area contributed by atoms with Crippen LogP contribution in [0, 0.1) is 0 Å². The molecule has 1 aromatic rings. The molecule has 0 saturated carbocycles. The number of rotatable bonds is 14. The van der Waals surface area contributed by atoms with Crippen LogP contribution >= 0.6 is 0 Å². The second kappa shape index (κ2) is 13.8. The number of hydrogen-bond acceptors (Lipinski definition) is 7. The molecule has 36 heavy (non-hydrogen) atoms. The van der Waals surface area contributed by atoms with Crippen LogP contribution in [0.2, 0.25) is 0 Å². The third kappa shape index (κ3) is 9.33. The third-order valence-corrected chi connectivity index (χ3v) is 5.62. The van der Waals surface area contributed by atoms with E-state index >= 15 is 0 Å². The molecule has 5 amide bonds. The molecule has 0 aliphatic carbocycles. The Balaban J connectivity index is 2.12. The zero-order valence-electron chi connectivity index (χ0n) is 19.7. The maximum atomic E-state index is 13.0. The Morgan fingerprint density at radius 3 is 2.11 bits per heavy atom. The van der Waals surface area contributed by atoms with Gasteiger partial charge in [-0.25, -0.2) is 4.79 Å². The molecular weight excluding hydrogens is 472 g/mol. The molecule has 1 aromatic carbocycles. The van der Waals surface area contributed by atoms with Crippen LogP contribution in [0.25, 0.3) is 0 Å². The molecule has 196 valence electrons. The summed E-state index contributed by atoms with van der Waals surface area (Å²) in [6.07, 6.45) is 0.337. The summed E-state index contributed by atoms with van der Waals surface area (Å²) in [5, 5.41) is 19.7. The number of carbonyl (C=O) groups is 6. The summed E-state index contributed by atoms with van der Waals surface area (Å²) in [4.78, 5) is 72.9. The van der Waals surface area contributed by atoms with Crippen molar-refractivity contribution in [1.29, 1.82) is 0 Å². The molecule has 0 aromatic heterocycles. The van der Waals surface area contributed by atoms with Gasteiger partial charge < -0.3 is 37.8 Å². The normalized spacial score (nSPS) is 17.3. The SMILES string of the molecule is NC(=O)CCC(NC(=O)C1CCCN1)C(=O)NC(CC(N)=O)C(=O)NC(Cc1ccccc1)C(=O)O. The van der Waals surface area contributed by atoms with E-state index < -0.39 is 66.1 Å². The molecule has 1 aliphatic rings. The Morgan fingerprint density at radius 1 is 0.917 bits per heavy atom. The van der Waals surface area contributed by atoms with E-state index in [0.29, 0.717) is 18.5 Å². The van der Waals surface area contributed by atoms with Gasteiger partial charge in [0.05, 0.1) is 12.5 Å². The molecule has 1 heterocycles. The molecule has 2 rings (SSSR count). The van der Waals surface area contributed by atoms with E-state index in [2.05, 4.69) is 21.3 Å². The second-order valence-corrected chi connectivity index (χ2v) is 8.54. The van der Waals surface area contributed by atoms with Gasteiger partial charge in [0.2, 0.25) is 29.5 Å². The van der Waals surface area contributed by atoms with Gasteiger partial charge in [0.1, 0.15) is 18.1 Å². The number of benzene rings is 1. The van der Waals surface area contributed by atoms with Gasteiger partial charge in [-0.05, 0) is 31.4 Å². The van der Waals surface area contributed by atoms with Crippen molar-refractivity contribution < 1.29 is 33.9 Å². The molecule has 4 unspecified atom stereocenters. The number of carbonyl (C=O) groups excluding carboxylic acids is 5. The first-order chi connectivity index (χ1) is 17.1. The highest BCUT2D eigenvalue weighted by atomic mass is 16.4. The molecular formula is C23H32N6O7. The van der Waals surface area contributed by atoms with Gasteiger partial charge in [-0.1, -0.05) is 30.3 Å². The summed E-state index contributed by atoms with van der Waals surface area (Å²) < 4.78 is 0. The van der Waals surface area contributed by atoms with Crippen LogP contribution in [0.3, 0.4) is 0 Å². The minimum Gasteiger partial charge on any atom is -0.480 e. The fourth-order valence-corrected chi connectivity index (χ4v) is 3.74. The van der Waals surface area contributed by atoms with E-state index in [1.165, 1.54) is 0 Å². The Labute approximate surface area is 207 Å². The fraction of sp³-hybridized carbons (Fsp3) is 0.478. The topological polar surface area (TPSA) is 223 Å². The molecule has 1 fully saturated rings. The van der Waals surface area contributed by atoms with Crippen LogP contribution in [0.1, 0.15) is 37.7 Å². The first-order valence-corrected chi connectivity index (χ1v) is 11.5. The minimum atomic E-state index is -1.51. The predicted molar refractivity (Wildman–Crippen MR) is 127 cm³/mol. The summed E-state index contributed by atoms with van der Waals surface area (Å²) in [7, 11) is 0. The largest absolute Gasteiger partial charge is 0.480 e. The van der Waals surface area contributed by atoms with E-state index in [9.17, 15) is 33.9 Å². The van der Waals surface area contributed by atoms with Crippen LogP contribution in [-0.4, -0.2) is 71.3 Å².